The van der Waals surface area contributed by atoms with Crippen LogP contribution in [0.4, 0.5) is 8.78 Å². The van der Waals surface area contributed by atoms with Crippen molar-refractivity contribution < 1.29 is 18.3 Å². The van der Waals surface area contributed by atoms with E-state index in [-0.39, 0.29) is 12.4 Å². The van der Waals surface area contributed by atoms with E-state index in [4.69, 9.17) is 9.47 Å². The molecule has 112 valence electrons. The average molecular weight is 422 g/mol. The zero-order valence-corrected chi connectivity index (χ0v) is 14.3. The van der Waals surface area contributed by atoms with E-state index in [1.54, 1.807) is 25.3 Å². The highest BCUT2D eigenvalue weighted by Crippen LogP contribution is 2.28. The number of methoxy groups -OCH3 is 1. The first-order chi connectivity index (χ1) is 10.0. The van der Waals surface area contributed by atoms with Crippen molar-refractivity contribution in [1.82, 2.24) is 0 Å². The molecule has 2 aromatic rings. The Morgan fingerprint density at radius 1 is 1.10 bits per heavy atom. The van der Waals surface area contributed by atoms with Gasteiger partial charge in [0, 0.05) is 15.4 Å². The fourth-order valence-corrected chi connectivity index (χ4v) is 2.45. The predicted molar refractivity (Wildman–Crippen MR) is 84.0 cm³/mol. The molecule has 0 amide bonds. The minimum Gasteiger partial charge on any atom is -0.497 e. The first kappa shape index (κ1) is 16.2. The van der Waals surface area contributed by atoms with Gasteiger partial charge in [-0.25, -0.2) is 8.78 Å². The molecule has 0 aliphatic carbocycles. The van der Waals surface area contributed by atoms with Crippen LogP contribution >= 0.6 is 31.9 Å². The van der Waals surface area contributed by atoms with Gasteiger partial charge >= 0.3 is 0 Å². The highest BCUT2D eigenvalue weighted by molar-refractivity contribution is 9.10. The number of ether oxygens (including phenoxy) is 2. The van der Waals surface area contributed by atoms with E-state index in [1.165, 1.54) is 12.1 Å². The van der Waals surface area contributed by atoms with Crippen LogP contribution in [-0.4, -0.2) is 7.11 Å². The second-order valence-electron chi connectivity index (χ2n) is 4.27. The minimum atomic E-state index is -0.719. The minimum absolute atomic E-state index is 0.0271. The maximum absolute atomic E-state index is 13.8. The van der Waals surface area contributed by atoms with Crippen LogP contribution < -0.4 is 9.47 Å². The van der Waals surface area contributed by atoms with Crippen LogP contribution in [0.25, 0.3) is 0 Å². The van der Waals surface area contributed by atoms with Crippen LogP contribution in [0, 0.1) is 11.6 Å². The topological polar surface area (TPSA) is 18.5 Å². The summed E-state index contributed by atoms with van der Waals surface area (Å²) in [6.45, 7) is 0.0271. The Balaban J connectivity index is 2.20. The molecule has 0 aliphatic rings. The van der Waals surface area contributed by atoms with Crippen molar-refractivity contribution >= 4 is 31.9 Å². The zero-order valence-electron chi connectivity index (χ0n) is 11.1. The molecule has 0 radical (unpaired) electrons. The lowest BCUT2D eigenvalue weighted by molar-refractivity contribution is 0.272. The largest absolute Gasteiger partial charge is 0.497 e. The molecule has 0 aromatic heterocycles. The van der Waals surface area contributed by atoms with Gasteiger partial charge in [0.25, 0.3) is 0 Å². The molecule has 0 heterocycles. The van der Waals surface area contributed by atoms with Crippen molar-refractivity contribution in [3.05, 3.63) is 57.6 Å². The van der Waals surface area contributed by atoms with E-state index in [1.807, 2.05) is 0 Å². The molecule has 21 heavy (non-hydrogen) atoms. The number of hydrogen-bond donors (Lipinski definition) is 0. The van der Waals surface area contributed by atoms with Crippen molar-refractivity contribution in [2.75, 3.05) is 7.11 Å². The second kappa shape index (κ2) is 7.22. The average Bonchev–Trinajstić information content (AvgIpc) is 2.47. The number of alkyl halides is 1. The molecule has 2 rings (SSSR count). The Hall–Kier alpha value is -1.14. The molecule has 0 N–H and O–H groups in total. The Labute approximate surface area is 138 Å². The number of benzene rings is 2. The van der Waals surface area contributed by atoms with Gasteiger partial charge < -0.3 is 9.47 Å². The summed E-state index contributed by atoms with van der Waals surface area (Å²) >= 11 is 6.52. The molecular weight excluding hydrogens is 410 g/mol. The molecule has 0 bridgehead atoms. The third-order valence-electron chi connectivity index (χ3n) is 2.84. The summed E-state index contributed by atoms with van der Waals surface area (Å²) in [5.41, 5.74) is 1.25. The van der Waals surface area contributed by atoms with Gasteiger partial charge in [-0.15, -0.1) is 0 Å². The van der Waals surface area contributed by atoms with Crippen LogP contribution in [0.2, 0.25) is 0 Å². The summed E-state index contributed by atoms with van der Waals surface area (Å²) in [6, 6.07) is 7.80. The Kier molecular flexibility index (Phi) is 5.58. The molecule has 0 atom stereocenters. The number of hydrogen-bond acceptors (Lipinski definition) is 2. The van der Waals surface area contributed by atoms with Gasteiger partial charge in [0.2, 0.25) is 0 Å². The van der Waals surface area contributed by atoms with Gasteiger partial charge in [0.15, 0.2) is 17.4 Å². The van der Waals surface area contributed by atoms with E-state index in [9.17, 15) is 8.78 Å². The maximum Gasteiger partial charge on any atom is 0.191 e. The third kappa shape index (κ3) is 3.95. The normalized spacial score (nSPS) is 10.5. The molecule has 0 aliphatic heterocycles. The smallest absolute Gasteiger partial charge is 0.191 e. The van der Waals surface area contributed by atoms with Crippen molar-refractivity contribution in [3.63, 3.8) is 0 Å². The monoisotopic (exact) mass is 420 g/mol. The fraction of sp³-hybridized carbons (Fsp3) is 0.200. The second-order valence-corrected chi connectivity index (χ2v) is 5.68. The quantitative estimate of drug-likeness (QED) is 0.617. The molecule has 2 nitrogen and oxygen atoms in total. The molecule has 0 saturated heterocycles. The highest BCUT2D eigenvalue weighted by atomic mass is 79.9. The standard InChI is InChI=1S/C15H12Br2F2O2/c1-20-11-2-3-12(17)10(6-11)8-21-15-13(18)4-9(7-16)5-14(15)19/h2-6H,7-8H2,1H3. The Morgan fingerprint density at radius 3 is 2.33 bits per heavy atom. The fourth-order valence-electron chi connectivity index (χ4n) is 1.77. The van der Waals surface area contributed by atoms with Crippen molar-refractivity contribution in [2.24, 2.45) is 0 Å². The molecule has 0 fully saturated rings. The number of rotatable bonds is 5. The van der Waals surface area contributed by atoms with E-state index in [0.29, 0.717) is 16.6 Å². The van der Waals surface area contributed by atoms with Crippen LogP contribution in [0.1, 0.15) is 11.1 Å². The Bertz CT molecular complexity index is 625. The predicted octanol–water partition coefficient (Wildman–Crippen LogP) is 5.21. The van der Waals surface area contributed by atoms with Gasteiger partial charge in [-0.05, 0) is 35.9 Å². The molecule has 2 aromatic carbocycles. The van der Waals surface area contributed by atoms with Crippen LogP contribution in [0.15, 0.2) is 34.8 Å². The van der Waals surface area contributed by atoms with Crippen molar-refractivity contribution in [3.8, 4) is 11.5 Å². The summed E-state index contributed by atoms with van der Waals surface area (Å²) in [6.07, 6.45) is 0. The van der Waals surface area contributed by atoms with Crippen molar-refractivity contribution in [1.29, 1.82) is 0 Å². The number of halogens is 4. The lowest BCUT2D eigenvalue weighted by atomic mass is 10.2. The highest BCUT2D eigenvalue weighted by Gasteiger charge is 2.13. The van der Waals surface area contributed by atoms with E-state index in [0.717, 1.165) is 10.0 Å². The van der Waals surface area contributed by atoms with E-state index >= 15 is 0 Å². The SMILES string of the molecule is COc1ccc(Br)c(COc2c(F)cc(CBr)cc2F)c1. The van der Waals surface area contributed by atoms with Gasteiger partial charge in [-0.2, -0.15) is 0 Å². The van der Waals surface area contributed by atoms with Gasteiger partial charge in [-0.3, -0.25) is 0 Å². The molecule has 0 unspecified atom stereocenters. The first-order valence-electron chi connectivity index (χ1n) is 6.04. The summed E-state index contributed by atoms with van der Waals surface area (Å²) in [5, 5.41) is 0.378. The molecule has 0 saturated carbocycles. The zero-order chi connectivity index (χ0) is 15.4. The van der Waals surface area contributed by atoms with E-state index in [2.05, 4.69) is 31.9 Å². The lowest BCUT2D eigenvalue weighted by Gasteiger charge is -2.11. The van der Waals surface area contributed by atoms with Gasteiger partial charge in [-0.1, -0.05) is 31.9 Å². The van der Waals surface area contributed by atoms with E-state index < -0.39 is 11.6 Å². The lowest BCUT2D eigenvalue weighted by Crippen LogP contribution is -2.02. The summed E-state index contributed by atoms with van der Waals surface area (Å²) in [7, 11) is 1.55. The summed E-state index contributed by atoms with van der Waals surface area (Å²) in [5.74, 6) is -1.17. The van der Waals surface area contributed by atoms with Crippen molar-refractivity contribution in [2.45, 2.75) is 11.9 Å². The maximum atomic E-state index is 13.8. The molecule has 0 spiro atoms. The first-order valence-corrected chi connectivity index (χ1v) is 7.95. The van der Waals surface area contributed by atoms with Crippen LogP contribution in [0.3, 0.4) is 0 Å². The summed E-state index contributed by atoms with van der Waals surface area (Å²) < 4.78 is 38.8. The molecular formula is C15H12Br2F2O2. The van der Waals surface area contributed by atoms with Crippen LogP contribution in [0.5, 0.6) is 11.5 Å². The van der Waals surface area contributed by atoms with Crippen LogP contribution in [-0.2, 0) is 11.9 Å². The summed E-state index contributed by atoms with van der Waals surface area (Å²) in [4.78, 5) is 0. The van der Waals surface area contributed by atoms with Gasteiger partial charge in [0.1, 0.15) is 12.4 Å². The van der Waals surface area contributed by atoms with Gasteiger partial charge in [0.05, 0.1) is 7.11 Å². The third-order valence-corrected chi connectivity index (χ3v) is 4.26. The Morgan fingerprint density at radius 2 is 1.76 bits per heavy atom. The molecule has 6 heteroatoms.